The lowest BCUT2D eigenvalue weighted by molar-refractivity contribution is -0.134. The monoisotopic (exact) mass is 344 g/mol. The lowest BCUT2D eigenvalue weighted by Gasteiger charge is -2.34. The molecule has 1 N–H and O–H groups in total. The van der Waals surface area contributed by atoms with Gasteiger partial charge in [0.1, 0.15) is 5.82 Å². The van der Waals surface area contributed by atoms with Gasteiger partial charge in [-0.3, -0.25) is 14.5 Å². The largest absolute Gasteiger partial charge is 0.342 e. The van der Waals surface area contributed by atoms with E-state index in [4.69, 9.17) is 0 Å². The number of aromatic nitrogens is 1. The Bertz CT molecular complexity index is 576. The third-order valence-electron chi connectivity index (χ3n) is 5.37. The van der Waals surface area contributed by atoms with Crippen LogP contribution in [0.15, 0.2) is 24.4 Å². The number of nitrogens with one attached hydrogen (secondary N) is 1. The first-order valence-corrected chi connectivity index (χ1v) is 9.34. The highest BCUT2D eigenvalue weighted by atomic mass is 16.2. The number of nitrogens with zero attached hydrogens (tertiary/aromatic N) is 3. The molecule has 2 amide bonds. The van der Waals surface area contributed by atoms with E-state index in [1.54, 1.807) is 12.3 Å². The molecule has 0 unspecified atom stereocenters. The third-order valence-corrected chi connectivity index (χ3v) is 5.37. The SMILES string of the molecule is CC1CCN(C(=O)CN2CCC(C(=O)Nc3ccccn3)CC2)CC1. The van der Waals surface area contributed by atoms with Crippen LogP contribution in [0.4, 0.5) is 5.82 Å². The molecule has 2 aliphatic rings. The molecule has 3 heterocycles. The fourth-order valence-electron chi connectivity index (χ4n) is 3.57. The molecule has 1 aromatic rings. The molecule has 6 heteroatoms. The summed E-state index contributed by atoms with van der Waals surface area (Å²) in [4.78, 5) is 33.1. The number of rotatable bonds is 4. The lowest BCUT2D eigenvalue weighted by Crippen LogP contribution is -2.46. The van der Waals surface area contributed by atoms with Crippen LogP contribution < -0.4 is 5.32 Å². The molecule has 25 heavy (non-hydrogen) atoms. The summed E-state index contributed by atoms with van der Waals surface area (Å²) in [5.74, 6) is 1.61. The van der Waals surface area contributed by atoms with Gasteiger partial charge in [-0.25, -0.2) is 4.98 Å². The smallest absolute Gasteiger partial charge is 0.236 e. The molecule has 6 nitrogen and oxygen atoms in total. The summed E-state index contributed by atoms with van der Waals surface area (Å²) < 4.78 is 0. The average Bonchev–Trinajstić information content (AvgIpc) is 2.63. The van der Waals surface area contributed by atoms with Gasteiger partial charge >= 0.3 is 0 Å². The fourth-order valence-corrected chi connectivity index (χ4v) is 3.57. The lowest BCUT2D eigenvalue weighted by atomic mass is 9.95. The van der Waals surface area contributed by atoms with E-state index in [9.17, 15) is 9.59 Å². The number of hydrogen-bond donors (Lipinski definition) is 1. The molecular weight excluding hydrogens is 316 g/mol. The van der Waals surface area contributed by atoms with E-state index in [2.05, 4.69) is 22.1 Å². The van der Waals surface area contributed by atoms with E-state index in [0.717, 1.165) is 57.8 Å². The number of amides is 2. The van der Waals surface area contributed by atoms with Crippen molar-refractivity contribution in [3.63, 3.8) is 0 Å². The van der Waals surface area contributed by atoms with Gasteiger partial charge in [0, 0.05) is 25.2 Å². The zero-order valence-corrected chi connectivity index (χ0v) is 15.0. The van der Waals surface area contributed by atoms with Crippen LogP contribution >= 0.6 is 0 Å². The summed E-state index contributed by atoms with van der Waals surface area (Å²) in [6.45, 7) is 6.13. The molecule has 0 atom stereocenters. The van der Waals surface area contributed by atoms with Crippen LogP contribution in [0.1, 0.15) is 32.6 Å². The number of carbonyl (C=O) groups is 2. The average molecular weight is 344 g/mol. The van der Waals surface area contributed by atoms with Crippen molar-refractivity contribution >= 4 is 17.6 Å². The molecule has 2 saturated heterocycles. The Hall–Kier alpha value is -1.95. The van der Waals surface area contributed by atoms with Gasteiger partial charge in [0.25, 0.3) is 0 Å². The zero-order chi connectivity index (χ0) is 17.6. The van der Waals surface area contributed by atoms with Crippen molar-refractivity contribution in [2.75, 3.05) is 38.0 Å². The summed E-state index contributed by atoms with van der Waals surface area (Å²) in [7, 11) is 0. The molecule has 1 aromatic heterocycles. The quantitative estimate of drug-likeness (QED) is 0.907. The van der Waals surface area contributed by atoms with Crippen molar-refractivity contribution < 1.29 is 9.59 Å². The Balaban J connectivity index is 1.41. The second kappa shape index (κ2) is 8.43. The van der Waals surface area contributed by atoms with E-state index >= 15 is 0 Å². The maximum Gasteiger partial charge on any atom is 0.236 e. The first-order valence-electron chi connectivity index (χ1n) is 9.34. The highest BCUT2D eigenvalue weighted by Crippen LogP contribution is 2.20. The predicted molar refractivity (Wildman–Crippen MR) is 97.0 cm³/mol. The number of anilines is 1. The summed E-state index contributed by atoms with van der Waals surface area (Å²) in [5.41, 5.74) is 0. The van der Waals surface area contributed by atoms with Crippen LogP contribution in [0, 0.1) is 11.8 Å². The normalized spacial score (nSPS) is 20.4. The molecule has 2 fully saturated rings. The van der Waals surface area contributed by atoms with Crippen molar-refractivity contribution in [2.45, 2.75) is 32.6 Å². The number of piperidine rings is 2. The summed E-state index contributed by atoms with van der Waals surface area (Å²) in [5, 5.41) is 2.88. The highest BCUT2D eigenvalue weighted by molar-refractivity contribution is 5.91. The fraction of sp³-hybridized carbons (Fsp3) is 0.632. The van der Waals surface area contributed by atoms with Crippen LogP contribution in [-0.4, -0.2) is 59.3 Å². The van der Waals surface area contributed by atoms with E-state index < -0.39 is 0 Å². The van der Waals surface area contributed by atoms with E-state index in [0.29, 0.717) is 12.4 Å². The van der Waals surface area contributed by atoms with Gasteiger partial charge in [-0.15, -0.1) is 0 Å². The van der Waals surface area contributed by atoms with Crippen LogP contribution in [-0.2, 0) is 9.59 Å². The maximum atomic E-state index is 12.4. The summed E-state index contributed by atoms with van der Waals surface area (Å²) in [6, 6.07) is 5.48. The number of likely N-dealkylation sites (tertiary alicyclic amines) is 2. The van der Waals surface area contributed by atoms with Crippen molar-refractivity contribution in [3.8, 4) is 0 Å². The molecule has 2 aliphatic heterocycles. The Kier molecular flexibility index (Phi) is 6.02. The Morgan fingerprint density at radius 2 is 1.84 bits per heavy atom. The molecule has 3 rings (SSSR count). The molecular formula is C19H28N4O2. The van der Waals surface area contributed by atoms with Crippen LogP contribution in [0.5, 0.6) is 0 Å². The highest BCUT2D eigenvalue weighted by Gasteiger charge is 2.28. The van der Waals surface area contributed by atoms with Gasteiger partial charge < -0.3 is 10.2 Å². The van der Waals surface area contributed by atoms with Crippen molar-refractivity contribution in [1.82, 2.24) is 14.8 Å². The van der Waals surface area contributed by atoms with Gasteiger partial charge in [-0.1, -0.05) is 13.0 Å². The molecule has 0 saturated carbocycles. The van der Waals surface area contributed by atoms with Gasteiger partial charge in [0.15, 0.2) is 0 Å². The third kappa shape index (κ3) is 5.01. The van der Waals surface area contributed by atoms with Gasteiger partial charge in [-0.2, -0.15) is 0 Å². The van der Waals surface area contributed by atoms with Gasteiger partial charge in [0.2, 0.25) is 11.8 Å². The Morgan fingerprint density at radius 1 is 1.12 bits per heavy atom. The minimum atomic E-state index is 0.00388. The maximum absolute atomic E-state index is 12.4. The Morgan fingerprint density at radius 3 is 2.48 bits per heavy atom. The first kappa shape index (κ1) is 17.9. The number of pyridine rings is 1. The molecule has 136 valence electrons. The minimum Gasteiger partial charge on any atom is -0.342 e. The van der Waals surface area contributed by atoms with Gasteiger partial charge in [-0.05, 0) is 56.8 Å². The van der Waals surface area contributed by atoms with Crippen molar-refractivity contribution in [3.05, 3.63) is 24.4 Å². The standard InChI is InChI=1S/C19H28N4O2/c1-15-5-12-23(13-6-15)18(24)14-22-10-7-16(8-11-22)19(25)21-17-4-2-3-9-20-17/h2-4,9,15-16H,5-8,10-14H2,1H3,(H,20,21,25). The number of carbonyl (C=O) groups excluding carboxylic acids is 2. The first-order chi connectivity index (χ1) is 12.1. The molecule has 0 aliphatic carbocycles. The molecule has 0 bridgehead atoms. The van der Waals surface area contributed by atoms with Crippen LogP contribution in [0.2, 0.25) is 0 Å². The molecule has 0 spiro atoms. The van der Waals surface area contributed by atoms with Crippen molar-refractivity contribution in [1.29, 1.82) is 0 Å². The van der Waals surface area contributed by atoms with E-state index in [-0.39, 0.29) is 17.7 Å². The second-order valence-electron chi connectivity index (χ2n) is 7.32. The molecule has 0 aromatic carbocycles. The molecule has 0 radical (unpaired) electrons. The summed E-state index contributed by atoms with van der Waals surface area (Å²) >= 11 is 0. The Labute approximate surface area is 149 Å². The number of hydrogen-bond acceptors (Lipinski definition) is 4. The van der Waals surface area contributed by atoms with Crippen molar-refractivity contribution in [2.24, 2.45) is 11.8 Å². The van der Waals surface area contributed by atoms with Gasteiger partial charge in [0.05, 0.1) is 6.54 Å². The predicted octanol–water partition coefficient (Wildman–Crippen LogP) is 1.99. The topological polar surface area (TPSA) is 65.5 Å². The minimum absolute atomic E-state index is 0.00388. The summed E-state index contributed by atoms with van der Waals surface area (Å²) in [6.07, 6.45) is 5.49. The van der Waals surface area contributed by atoms with E-state index in [1.807, 2.05) is 17.0 Å². The zero-order valence-electron chi connectivity index (χ0n) is 15.0. The van der Waals surface area contributed by atoms with E-state index in [1.165, 1.54) is 0 Å². The second-order valence-corrected chi connectivity index (χ2v) is 7.32. The van der Waals surface area contributed by atoms with Crippen LogP contribution in [0.25, 0.3) is 0 Å². The van der Waals surface area contributed by atoms with Crippen LogP contribution in [0.3, 0.4) is 0 Å².